The van der Waals surface area contributed by atoms with Crippen molar-refractivity contribution in [2.24, 2.45) is 0 Å². The zero-order chi connectivity index (χ0) is 13.1. The van der Waals surface area contributed by atoms with E-state index in [1.165, 1.54) is 30.3 Å². The van der Waals surface area contributed by atoms with Crippen molar-refractivity contribution < 1.29 is 9.18 Å². The Balaban J connectivity index is 2.18. The lowest BCUT2D eigenvalue weighted by Crippen LogP contribution is -2.15. The van der Waals surface area contributed by atoms with E-state index < -0.39 is 5.91 Å². The maximum absolute atomic E-state index is 12.9. The van der Waals surface area contributed by atoms with Gasteiger partial charge in [0, 0.05) is 3.57 Å². The number of carbonyl (C=O) groups excluding carboxylic acids is 1. The Hall–Kier alpha value is -1.28. The minimum atomic E-state index is -0.427. The SMILES string of the molecule is O=C(Nc1ccc(F)cc1I)c1ccc(Cl)nn1. The number of anilines is 1. The second-order valence-corrected chi connectivity index (χ2v) is 4.87. The lowest BCUT2D eigenvalue weighted by atomic mass is 10.3. The number of aromatic nitrogens is 2. The molecule has 1 amide bonds. The highest BCUT2D eigenvalue weighted by Gasteiger charge is 2.10. The molecule has 0 radical (unpaired) electrons. The van der Waals surface area contributed by atoms with Gasteiger partial charge in [-0.2, -0.15) is 0 Å². The first kappa shape index (κ1) is 13.2. The molecule has 2 rings (SSSR count). The van der Waals surface area contributed by atoms with Crippen LogP contribution in [0.25, 0.3) is 0 Å². The van der Waals surface area contributed by atoms with Gasteiger partial charge < -0.3 is 5.32 Å². The molecule has 1 N–H and O–H groups in total. The van der Waals surface area contributed by atoms with Gasteiger partial charge in [0.05, 0.1) is 5.69 Å². The fraction of sp³-hybridized carbons (Fsp3) is 0. The first-order valence-corrected chi connectivity index (χ1v) is 6.27. The minimum Gasteiger partial charge on any atom is -0.320 e. The van der Waals surface area contributed by atoms with Crippen molar-refractivity contribution in [2.75, 3.05) is 5.32 Å². The molecular weight excluding hydrogens is 371 g/mol. The van der Waals surface area contributed by atoms with Crippen molar-refractivity contribution in [3.8, 4) is 0 Å². The average molecular weight is 378 g/mol. The van der Waals surface area contributed by atoms with Crippen LogP contribution in [0.4, 0.5) is 10.1 Å². The molecule has 4 nitrogen and oxygen atoms in total. The maximum Gasteiger partial charge on any atom is 0.276 e. The number of benzene rings is 1. The van der Waals surface area contributed by atoms with Crippen molar-refractivity contribution >= 4 is 45.8 Å². The molecule has 1 heterocycles. The number of nitrogens with zero attached hydrogens (tertiary/aromatic N) is 2. The quantitative estimate of drug-likeness (QED) is 0.818. The van der Waals surface area contributed by atoms with Crippen molar-refractivity contribution in [1.29, 1.82) is 0 Å². The summed E-state index contributed by atoms with van der Waals surface area (Å²) in [4.78, 5) is 11.8. The first-order valence-electron chi connectivity index (χ1n) is 4.82. The van der Waals surface area contributed by atoms with Crippen LogP contribution in [-0.4, -0.2) is 16.1 Å². The summed E-state index contributed by atoms with van der Waals surface area (Å²) < 4.78 is 13.5. The molecule has 0 atom stereocenters. The van der Waals surface area contributed by atoms with E-state index in [-0.39, 0.29) is 16.7 Å². The Morgan fingerprint density at radius 1 is 1.28 bits per heavy atom. The largest absolute Gasteiger partial charge is 0.320 e. The topological polar surface area (TPSA) is 54.9 Å². The van der Waals surface area contributed by atoms with Crippen molar-refractivity contribution in [1.82, 2.24) is 10.2 Å². The number of hydrogen-bond acceptors (Lipinski definition) is 3. The van der Waals surface area contributed by atoms with E-state index in [0.29, 0.717) is 9.26 Å². The van der Waals surface area contributed by atoms with Gasteiger partial charge in [0.2, 0.25) is 0 Å². The first-order chi connectivity index (χ1) is 8.56. The molecule has 92 valence electrons. The summed E-state index contributed by atoms with van der Waals surface area (Å²) in [5.41, 5.74) is 0.651. The third-order valence-corrected chi connectivity index (χ3v) is 3.14. The molecule has 0 aliphatic heterocycles. The Morgan fingerprint density at radius 2 is 2.06 bits per heavy atom. The molecular formula is C11H6ClFIN3O. The molecule has 18 heavy (non-hydrogen) atoms. The van der Waals surface area contributed by atoms with Gasteiger partial charge in [0.1, 0.15) is 5.82 Å². The third-order valence-electron chi connectivity index (χ3n) is 2.04. The number of nitrogens with one attached hydrogen (secondary N) is 1. The molecule has 0 unspecified atom stereocenters. The van der Waals surface area contributed by atoms with Gasteiger partial charge >= 0.3 is 0 Å². The van der Waals surface area contributed by atoms with Crippen LogP contribution in [0.2, 0.25) is 5.15 Å². The molecule has 7 heteroatoms. The predicted molar refractivity (Wildman–Crippen MR) is 74.1 cm³/mol. The van der Waals surface area contributed by atoms with Gasteiger partial charge in [-0.25, -0.2) is 4.39 Å². The lowest BCUT2D eigenvalue weighted by molar-refractivity contribution is 0.102. The summed E-state index contributed by atoms with van der Waals surface area (Å²) in [5, 5.41) is 10.0. The van der Waals surface area contributed by atoms with E-state index in [1.54, 1.807) is 0 Å². The van der Waals surface area contributed by atoms with Crippen molar-refractivity contribution in [2.45, 2.75) is 0 Å². The minimum absolute atomic E-state index is 0.138. The molecule has 0 spiro atoms. The van der Waals surface area contributed by atoms with E-state index in [1.807, 2.05) is 22.6 Å². The Labute approximate surface area is 121 Å². The lowest BCUT2D eigenvalue weighted by Gasteiger charge is -2.06. The molecule has 0 fully saturated rings. The van der Waals surface area contributed by atoms with Crippen LogP contribution in [0, 0.1) is 9.39 Å². The Kier molecular flexibility index (Phi) is 4.07. The number of hydrogen-bond donors (Lipinski definition) is 1. The molecule has 0 saturated carbocycles. The van der Waals surface area contributed by atoms with Crippen LogP contribution in [0.15, 0.2) is 30.3 Å². The van der Waals surface area contributed by atoms with Crippen LogP contribution in [0.1, 0.15) is 10.5 Å². The van der Waals surface area contributed by atoms with Gasteiger partial charge in [0.25, 0.3) is 5.91 Å². The van der Waals surface area contributed by atoms with E-state index in [2.05, 4.69) is 15.5 Å². The maximum atomic E-state index is 12.9. The standard InChI is InChI=1S/C11H6ClFIN3O/c12-10-4-3-9(16-17-10)11(18)15-8-2-1-6(13)5-7(8)14/h1-5H,(H,15,18). The highest BCUT2D eigenvalue weighted by atomic mass is 127. The predicted octanol–water partition coefficient (Wildman–Crippen LogP) is 3.13. The Bertz CT molecular complexity index is 591. The molecule has 1 aromatic heterocycles. The third kappa shape index (κ3) is 3.14. The molecule has 2 aromatic rings. The van der Waals surface area contributed by atoms with E-state index in [0.717, 1.165) is 0 Å². The second kappa shape index (κ2) is 5.57. The molecule has 0 bridgehead atoms. The van der Waals surface area contributed by atoms with Crippen LogP contribution < -0.4 is 5.32 Å². The zero-order valence-corrected chi connectivity index (χ0v) is 11.7. The summed E-state index contributed by atoms with van der Waals surface area (Å²) in [6.45, 7) is 0. The van der Waals surface area contributed by atoms with Crippen LogP contribution in [-0.2, 0) is 0 Å². The fourth-order valence-corrected chi connectivity index (χ4v) is 1.93. The summed E-state index contributed by atoms with van der Waals surface area (Å²) in [7, 11) is 0. The van der Waals surface area contributed by atoms with Crippen molar-refractivity contribution in [3.05, 3.63) is 50.6 Å². The monoisotopic (exact) mass is 377 g/mol. The number of rotatable bonds is 2. The highest BCUT2D eigenvalue weighted by molar-refractivity contribution is 14.1. The number of amides is 1. The van der Waals surface area contributed by atoms with Crippen LogP contribution in [0.3, 0.4) is 0 Å². The summed E-state index contributed by atoms with van der Waals surface area (Å²) in [5.74, 6) is -0.785. The van der Waals surface area contributed by atoms with Crippen LogP contribution in [0.5, 0.6) is 0 Å². The Morgan fingerprint density at radius 3 is 2.67 bits per heavy atom. The molecule has 0 aliphatic carbocycles. The highest BCUT2D eigenvalue weighted by Crippen LogP contribution is 2.19. The zero-order valence-electron chi connectivity index (χ0n) is 8.82. The average Bonchev–Trinajstić information content (AvgIpc) is 2.33. The van der Waals surface area contributed by atoms with Gasteiger partial charge in [-0.05, 0) is 52.9 Å². The second-order valence-electron chi connectivity index (χ2n) is 3.32. The van der Waals surface area contributed by atoms with E-state index in [9.17, 15) is 9.18 Å². The van der Waals surface area contributed by atoms with E-state index >= 15 is 0 Å². The summed E-state index contributed by atoms with van der Waals surface area (Å²) in [6.07, 6.45) is 0. The van der Waals surface area contributed by atoms with Gasteiger partial charge in [-0.15, -0.1) is 10.2 Å². The van der Waals surface area contributed by atoms with E-state index in [4.69, 9.17) is 11.6 Å². The normalized spacial score (nSPS) is 10.2. The summed E-state index contributed by atoms with van der Waals surface area (Å²) >= 11 is 7.50. The smallest absolute Gasteiger partial charge is 0.276 e. The molecule has 0 saturated heterocycles. The van der Waals surface area contributed by atoms with Gasteiger partial charge in [0.15, 0.2) is 10.8 Å². The van der Waals surface area contributed by atoms with Gasteiger partial charge in [-0.3, -0.25) is 4.79 Å². The summed E-state index contributed by atoms with van der Waals surface area (Å²) in [6, 6.07) is 7.01. The number of carbonyl (C=O) groups is 1. The number of halogens is 3. The van der Waals surface area contributed by atoms with Crippen molar-refractivity contribution in [3.63, 3.8) is 0 Å². The van der Waals surface area contributed by atoms with Gasteiger partial charge in [-0.1, -0.05) is 11.6 Å². The molecule has 0 aliphatic rings. The fourth-order valence-electron chi connectivity index (χ4n) is 1.21. The molecule has 1 aromatic carbocycles. The van der Waals surface area contributed by atoms with Crippen LogP contribution >= 0.6 is 34.2 Å².